The number of alkyl carbamates (subject to hydrolysis) is 1. The highest BCUT2D eigenvalue weighted by Crippen LogP contribution is 2.41. The number of ether oxygens (including phenoxy) is 1. The van der Waals surface area contributed by atoms with Gasteiger partial charge < -0.3 is 15.2 Å². The predicted molar refractivity (Wildman–Crippen MR) is 81.1 cm³/mol. The van der Waals surface area contributed by atoms with Crippen LogP contribution in [0, 0.1) is 17.8 Å². The molecule has 0 bridgehead atoms. The predicted octanol–water partition coefficient (Wildman–Crippen LogP) is 3.43. The molecule has 2 N–H and O–H groups in total. The summed E-state index contributed by atoms with van der Waals surface area (Å²) in [7, 11) is 0. The van der Waals surface area contributed by atoms with Crippen molar-refractivity contribution in [1.82, 2.24) is 5.32 Å². The Labute approximate surface area is 127 Å². The van der Waals surface area contributed by atoms with Gasteiger partial charge in [-0.25, -0.2) is 9.59 Å². The average molecular weight is 299 g/mol. The van der Waals surface area contributed by atoms with E-state index in [-0.39, 0.29) is 17.8 Å². The Kier molecular flexibility index (Phi) is 5.29. The van der Waals surface area contributed by atoms with E-state index in [1.165, 1.54) is 0 Å². The summed E-state index contributed by atoms with van der Waals surface area (Å²) in [4.78, 5) is 24.1. The minimum Gasteiger partial charge on any atom is -0.479 e. The lowest BCUT2D eigenvalue weighted by Gasteiger charge is -2.45. The largest absolute Gasteiger partial charge is 0.479 e. The van der Waals surface area contributed by atoms with E-state index in [2.05, 4.69) is 5.32 Å². The molecule has 3 atom stereocenters. The van der Waals surface area contributed by atoms with Crippen LogP contribution in [0.15, 0.2) is 0 Å². The zero-order chi connectivity index (χ0) is 16.4. The van der Waals surface area contributed by atoms with Gasteiger partial charge in [-0.15, -0.1) is 0 Å². The number of carbonyl (C=O) groups excluding carboxylic acids is 1. The molecule has 1 aliphatic carbocycles. The van der Waals surface area contributed by atoms with Crippen LogP contribution in [-0.4, -0.2) is 28.3 Å². The van der Waals surface area contributed by atoms with Gasteiger partial charge in [0.1, 0.15) is 11.1 Å². The molecule has 0 saturated heterocycles. The topological polar surface area (TPSA) is 75.6 Å². The number of carbonyl (C=O) groups is 2. The van der Waals surface area contributed by atoms with E-state index in [9.17, 15) is 14.7 Å². The molecule has 1 rings (SSSR count). The third-order valence-corrected chi connectivity index (χ3v) is 4.18. The molecule has 21 heavy (non-hydrogen) atoms. The van der Waals surface area contributed by atoms with E-state index in [4.69, 9.17) is 4.74 Å². The smallest absolute Gasteiger partial charge is 0.408 e. The minimum atomic E-state index is -1.23. The standard InChI is InChI=1S/C16H29NO4/c1-10(2)12-8-7-11(3)9-16(12,13(18)19)17-14(20)21-15(4,5)6/h10-12H,7-9H2,1-6H3,(H,17,20)(H,18,19). The Morgan fingerprint density at radius 2 is 1.86 bits per heavy atom. The Bertz CT molecular complexity index is 400. The lowest BCUT2D eigenvalue weighted by Crippen LogP contribution is -2.63. The number of aliphatic carboxylic acids is 1. The van der Waals surface area contributed by atoms with Crippen LogP contribution in [0.1, 0.15) is 60.8 Å². The first-order valence-corrected chi connectivity index (χ1v) is 7.72. The maximum absolute atomic E-state index is 12.1. The van der Waals surface area contributed by atoms with Gasteiger partial charge in [0.25, 0.3) is 0 Å². The first kappa shape index (κ1) is 17.8. The molecule has 0 aliphatic heterocycles. The van der Waals surface area contributed by atoms with Gasteiger partial charge >= 0.3 is 12.1 Å². The number of amides is 1. The molecule has 1 fully saturated rings. The van der Waals surface area contributed by atoms with Crippen LogP contribution in [0.4, 0.5) is 4.79 Å². The third kappa shape index (κ3) is 4.35. The average Bonchev–Trinajstić information content (AvgIpc) is 2.24. The number of carboxylic acid groups (broad SMARTS) is 1. The normalized spacial score (nSPS) is 30.0. The van der Waals surface area contributed by atoms with Crippen molar-refractivity contribution >= 4 is 12.1 Å². The first-order valence-electron chi connectivity index (χ1n) is 7.72. The molecule has 5 heteroatoms. The van der Waals surface area contributed by atoms with Crippen LogP contribution in [0.2, 0.25) is 0 Å². The van der Waals surface area contributed by atoms with Gasteiger partial charge in [0.15, 0.2) is 0 Å². The monoisotopic (exact) mass is 299 g/mol. The molecule has 1 aliphatic rings. The van der Waals surface area contributed by atoms with E-state index in [1.54, 1.807) is 20.8 Å². The Balaban J connectivity index is 3.04. The minimum absolute atomic E-state index is 0.0845. The van der Waals surface area contributed by atoms with Crippen LogP contribution in [-0.2, 0) is 9.53 Å². The van der Waals surface area contributed by atoms with Crippen molar-refractivity contribution in [3.8, 4) is 0 Å². The molecule has 0 aromatic rings. The van der Waals surface area contributed by atoms with E-state index in [0.717, 1.165) is 12.8 Å². The molecule has 122 valence electrons. The summed E-state index contributed by atoms with van der Waals surface area (Å²) in [5.41, 5.74) is -1.87. The number of carboxylic acids is 1. The SMILES string of the molecule is CC1CCC(C(C)C)C(NC(=O)OC(C)(C)C)(C(=O)O)C1. The molecule has 1 amide bonds. The number of hydrogen-bond acceptors (Lipinski definition) is 3. The van der Waals surface area contributed by atoms with Crippen LogP contribution in [0.25, 0.3) is 0 Å². The molecular formula is C16H29NO4. The maximum Gasteiger partial charge on any atom is 0.408 e. The summed E-state index contributed by atoms with van der Waals surface area (Å²) in [6.45, 7) is 11.4. The van der Waals surface area contributed by atoms with Gasteiger partial charge in [-0.1, -0.05) is 27.2 Å². The molecule has 0 spiro atoms. The summed E-state index contributed by atoms with van der Waals surface area (Å²) >= 11 is 0. The molecule has 0 aromatic carbocycles. The van der Waals surface area contributed by atoms with Crippen molar-refractivity contribution in [2.45, 2.75) is 71.9 Å². The lowest BCUT2D eigenvalue weighted by molar-refractivity contribution is -0.151. The summed E-state index contributed by atoms with van der Waals surface area (Å²) in [6.07, 6.45) is 1.60. The van der Waals surface area contributed by atoms with E-state index in [0.29, 0.717) is 6.42 Å². The number of rotatable bonds is 3. The quantitative estimate of drug-likeness (QED) is 0.837. The van der Waals surface area contributed by atoms with Crippen LogP contribution < -0.4 is 5.32 Å². The van der Waals surface area contributed by atoms with Crippen molar-refractivity contribution < 1.29 is 19.4 Å². The fourth-order valence-corrected chi connectivity index (χ4v) is 3.34. The molecule has 0 aromatic heterocycles. The van der Waals surface area contributed by atoms with E-state index in [1.807, 2.05) is 20.8 Å². The number of hydrogen-bond donors (Lipinski definition) is 2. The van der Waals surface area contributed by atoms with Gasteiger partial charge in [0.2, 0.25) is 0 Å². The molecule has 0 radical (unpaired) electrons. The molecular weight excluding hydrogens is 270 g/mol. The summed E-state index contributed by atoms with van der Waals surface area (Å²) in [6, 6.07) is 0. The van der Waals surface area contributed by atoms with Crippen LogP contribution >= 0.6 is 0 Å². The summed E-state index contributed by atoms with van der Waals surface area (Å²) in [5, 5.41) is 12.5. The lowest BCUT2D eigenvalue weighted by atomic mass is 9.65. The summed E-state index contributed by atoms with van der Waals surface area (Å²) < 4.78 is 5.27. The zero-order valence-corrected chi connectivity index (χ0v) is 14.0. The fraction of sp³-hybridized carbons (Fsp3) is 0.875. The highest BCUT2D eigenvalue weighted by atomic mass is 16.6. The van der Waals surface area contributed by atoms with E-state index < -0.39 is 23.2 Å². The van der Waals surface area contributed by atoms with E-state index >= 15 is 0 Å². The second-order valence-corrected chi connectivity index (χ2v) is 7.64. The highest BCUT2D eigenvalue weighted by Gasteiger charge is 2.51. The van der Waals surface area contributed by atoms with Gasteiger partial charge in [-0.05, 0) is 51.4 Å². The van der Waals surface area contributed by atoms with Gasteiger partial charge in [0.05, 0.1) is 0 Å². The van der Waals surface area contributed by atoms with Gasteiger partial charge in [-0.2, -0.15) is 0 Å². The fourth-order valence-electron chi connectivity index (χ4n) is 3.34. The van der Waals surface area contributed by atoms with Crippen LogP contribution in [0.5, 0.6) is 0 Å². The Hall–Kier alpha value is -1.26. The van der Waals surface area contributed by atoms with Crippen LogP contribution in [0.3, 0.4) is 0 Å². The highest BCUT2D eigenvalue weighted by molar-refractivity contribution is 5.85. The van der Waals surface area contributed by atoms with Gasteiger partial charge in [0, 0.05) is 0 Å². The summed E-state index contributed by atoms with van der Waals surface area (Å²) in [5.74, 6) is -0.591. The molecule has 3 unspecified atom stereocenters. The van der Waals surface area contributed by atoms with Crippen molar-refractivity contribution in [2.75, 3.05) is 0 Å². The Morgan fingerprint density at radius 3 is 2.29 bits per heavy atom. The van der Waals surface area contributed by atoms with Gasteiger partial charge in [-0.3, -0.25) is 0 Å². The zero-order valence-electron chi connectivity index (χ0n) is 14.0. The second kappa shape index (κ2) is 6.24. The molecule has 0 heterocycles. The molecule has 5 nitrogen and oxygen atoms in total. The van der Waals surface area contributed by atoms with Crippen molar-refractivity contribution in [3.05, 3.63) is 0 Å². The van der Waals surface area contributed by atoms with Crippen molar-refractivity contribution in [1.29, 1.82) is 0 Å². The van der Waals surface area contributed by atoms with Crippen molar-refractivity contribution in [3.63, 3.8) is 0 Å². The second-order valence-electron chi connectivity index (χ2n) is 7.64. The third-order valence-electron chi connectivity index (χ3n) is 4.18. The maximum atomic E-state index is 12.1. The Morgan fingerprint density at radius 1 is 1.29 bits per heavy atom. The number of nitrogens with one attached hydrogen (secondary N) is 1. The molecule has 1 saturated carbocycles. The van der Waals surface area contributed by atoms with Crippen molar-refractivity contribution in [2.24, 2.45) is 17.8 Å². The first-order chi connectivity index (χ1) is 9.48.